The standard InChI is InChI=1S/C11H11FO3/c1-13-11(14-2)10-9(12)7-5-3-4-6-8(7)15-10/h3-6,11H,1-2H3. The summed E-state index contributed by atoms with van der Waals surface area (Å²) in [5.41, 5.74) is 0.490. The number of rotatable bonds is 3. The summed E-state index contributed by atoms with van der Waals surface area (Å²) in [6.07, 6.45) is -0.808. The summed E-state index contributed by atoms with van der Waals surface area (Å²) in [4.78, 5) is 0. The Balaban J connectivity index is 2.57. The van der Waals surface area contributed by atoms with Crippen LogP contribution >= 0.6 is 0 Å². The molecule has 3 nitrogen and oxygen atoms in total. The van der Waals surface area contributed by atoms with Crippen molar-refractivity contribution in [3.05, 3.63) is 35.8 Å². The maximum atomic E-state index is 13.8. The number of fused-ring (bicyclic) bond motifs is 1. The van der Waals surface area contributed by atoms with Gasteiger partial charge in [-0.25, -0.2) is 4.39 Å². The molecular weight excluding hydrogens is 199 g/mol. The number of hydrogen-bond acceptors (Lipinski definition) is 3. The molecule has 15 heavy (non-hydrogen) atoms. The summed E-state index contributed by atoms with van der Waals surface area (Å²) in [7, 11) is 2.86. The second kappa shape index (κ2) is 4.00. The van der Waals surface area contributed by atoms with Crippen molar-refractivity contribution in [2.45, 2.75) is 6.29 Å². The van der Waals surface area contributed by atoms with E-state index in [-0.39, 0.29) is 5.76 Å². The minimum atomic E-state index is -0.808. The molecule has 0 bridgehead atoms. The molecule has 0 N–H and O–H groups in total. The van der Waals surface area contributed by atoms with E-state index in [2.05, 4.69) is 0 Å². The lowest BCUT2D eigenvalue weighted by Crippen LogP contribution is -2.03. The van der Waals surface area contributed by atoms with Crippen LogP contribution in [0.25, 0.3) is 11.0 Å². The number of hydrogen-bond donors (Lipinski definition) is 0. The van der Waals surface area contributed by atoms with Crippen LogP contribution in [0, 0.1) is 5.82 Å². The van der Waals surface area contributed by atoms with E-state index >= 15 is 0 Å². The number of para-hydroxylation sites is 1. The van der Waals surface area contributed by atoms with Crippen LogP contribution in [0.1, 0.15) is 12.1 Å². The van der Waals surface area contributed by atoms with Crippen molar-refractivity contribution in [2.24, 2.45) is 0 Å². The van der Waals surface area contributed by atoms with Gasteiger partial charge in [-0.05, 0) is 12.1 Å². The SMILES string of the molecule is COC(OC)c1oc2ccccc2c1F. The molecule has 0 aliphatic carbocycles. The van der Waals surface area contributed by atoms with Crippen LogP contribution in [0.4, 0.5) is 4.39 Å². The monoisotopic (exact) mass is 210 g/mol. The van der Waals surface area contributed by atoms with Gasteiger partial charge in [-0.1, -0.05) is 12.1 Å². The highest BCUT2D eigenvalue weighted by molar-refractivity contribution is 5.78. The van der Waals surface area contributed by atoms with Crippen molar-refractivity contribution in [3.63, 3.8) is 0 Å². The minimum absolute atomic E-state index is 0.0706. The molecule has 1 aromatic heterocycles. The molecule has 0 atom stereocenters. The fourth-order valence-electron chi connectivity index (χ4n) is 1.49. The van der Waals surface area contributed by atoms with Crippen LogP contribution in [-0.4, -0.2) is 14.2 Å². The van der Waals surface area contributed by atoms with Gasteiger partial charge >= 0.3 is 0 Å². The van der Waals surface area contributed by atoms with E-state index in [0.717, 1.165) is 0 Å². The highest BCUT2D eigenvalue weighted by Crippen LogP contribution is 2.30. The van der Waals surface area contributed by atoms with Crippen LogP contribution in [0.3, 0.4) is 0 Å². The average Bonchev–Trinajstić information content (AvgIpc) is 2.60. The smallest absolute Gasteiger partial charge is 0.219 e. The van der Waals surface area contributed by atoms with Crippen molar-refractivity contribution in [1.82, 2.24) is 0 Å². The molecule has 80 valence electrons. The number of ether oxygens (including phenoxy) is 2. The second-order valence-corrected chi connectivity index (χ2v) is 3.08. The second-order valence-electron chi connectivity index (χ2n) is 3.08. The predicted molar refractivity (Wildman–Crippen MR) is 52.9 cm³/mol. The van der Waals surface area contributed by atoms with E-state index in [9.17, 15) is 4.39 Å². The zero-order chi connectivity index (χ0) is 10.8. The van der Waals surface area contributed by atoms with Gasteiger partial charge in [0.25, 0.3) is 0 Å². The first-order valence-electron chi connectivity index (χ1n) is 4.50. The molecule has 0 aliphatic heterocycles. The maximum Gasteiger partial charge on any atom is 0.219 e. The Kier molecular flexibility index (Phi) is 2.70. The van der Waals surface area contributed by atoms with E-state index in [4.69, 9.17) is 13.9 Å². The highest BCUT2D eigenvalue weighted by Gasteiger charge is 2.22. The Hall–Kier alpha value is -1.39. The fraction of sp³-hybridized carbons (Fsp3) is 0.273. The summed E-state index contributed by atoms with van der Waals surface area (Å²) < 4.78 is 29.0. The first-order valence-corrected chi connectivity index (χ1v) is 4.50. The van der Waals surface area contributed by atoms with E-state index in [0.29, 0.717) is 11.0 Å². The number of methoxy groups -OCH3 is 2. The lowest BCUT2D eigenvalue weighted by Gasteiger charge is -2.09. The summed E-state index contributed by atoms with van der Waals surface area (Å²) >= 11 is 0. The van der Waals surface area contributed by atoms with Gasteiger partial charge in [0.2, 0.25) is 6.29 Å². The van der Waals surface area contributed by atoms with E-state index in [1.54, 1.807) is 24.3 Å². The Labute approximate surface area is 86.4 Å². The lowest BCUT2D eigenvalue weighted by atomic mass is 10.2. The Morgan fingerprint density at radius 2 is 1.87 bits per heavy atom. The largest absolute Gasteiger partial charge is 0.452 e. The summed E-state index contributed by atoms with van der Waals surface area (Å²) in [6.45, 7) is 0. The summed E-state index contributed by atoms with van der Waals surface area (Å²) in [5, 5.41) is 0.437. The Bertz CT molecular complexity index is 460. The molecule has 0 unspecified atom stereocenters. The van der Waals surface area contributed by atoms with Crippen molar-refractivity contribution in [3.8, 4) is 0 Å². The molecule has 0 saturated carbocycles. The van der Waals surface area contributed by atoms with Crippen LogP contribution in [-0.2, 0) is 9.47 Å². The van der Waals surface area contributed by atoms with Gasteiger partial charge in [0.15, 0.2) is 11.6 Å². The molecule has 2 rings (SSSR count). The third-order valence-electron chi connectivity index (χ3n) is 2.20. The third-order valence-corrected chi connectivity index (χ3v) is 2.20. The van der Waals surface area contributed by atoms with Crippen LogP contribution in [0.15, 0.2) is 28.7 Å². The summed E-state index contributed by atoms with van der Waals surface area (Å²) in [6, 6.07) is 6.88. The van der Waals surface area contributed by atoms with Crippen LogP contribution < -0.4 is 0 Å². The van der Waals surface area contributed by atoms with Gasteiger partial charge in [0.1, 0.15) is 5.58 Å². The van der Waals surface area contributed by atoms with E-state index in [1.165, 1.54) is 14.2 Å². The highest BCUT2D eigenvalue weighted by atomic mass is 19.1. The molecule has 0 radical (unpaired) electrons. The number of benzene rings is 1. The molecule has 1 heterocycles. The van der Waals surface area contributed by atoms with Crippen molar-refractivity contribution in [1.29, 1.82) is 0 Å². The third kappa shape index (κ3) is 1.62. The molecule has 1 aromatic carbocycles. The molecule has 0 saturated heterocycles. The molecule has 0 spiro atoms. The van der Waals surface area contributed by atoms with Crippen molar-refractivity contribution < 1.29 is 18.3 Å². The zero-order valence-corrected chi connectivity index (χ0v) is 8.49. The Morgan fingerprint density at radius 3 is 2.47 bits per heavy atom. The van der Waals surface area contributed by atoms with Gasteiger partial charge in [0.05, 0.1) is 5.39 Å². The molecule has 4 heteroatoms. The summed E-state index contributed by atoms with van der Waals surface area (Å²) in [5.74, 6) is -0.361. The van der Waals surface area contributed by atoms with Crippen LogP contribution in [0.5, 0.6) is 0 Å². The van der Waals surface area contributed by atoms with Crippen molar-refractivity contribution in [2.75, 3.05) is 14.2 Å². The van der Waals surface area contributed by atoms with Gasteiger partial charge in [-0.2, -0.15) is 0 Å². The normalized spacial score (nSPS) is 11.5. The van der Waals surface area contributed by atoms with Gasteiger partial charge < -0.3 is 13.9 Å². The van der Waals surface area contributed by atoms with Crippen molar-refractivity contribution >= 4 is 11.0 Å². The first kappa shape index (κ1) is 10.1. The predicted octanol–water partition coefficient (Wildman–Crippen LogP) is 2.86. The van der Waals surface area contributed by atoms with Gasteiger partial charge in [-0.15, -0.1) is 0 Å². The fourth-order valence-corrected chi connectivity index (χ4v) is 1.49. The number of furan rings is 1. The lowest BCUT2D eigenvalue weighted by molar-refractivity contribution is -0.119. The van der Waals surface area contributed by atoms with Gasteiger partial charge in [0, 0.05) is 14.2 Å². The topological polar surface area (TPSA) is 31.6 Å². The molecule has 2 aromatic rings. The first-order chi connectivity index (χ1) is 7.27. The Morgan fingerprint density at radius 1 is 1.20 bits per heavy atom. The molecule has 0 fully saturated rings. The van der Waals surface area contributed by atoms with E-state index < -0.39 is 12.1 Å². The number of halogens is 1. The maximum absolute atomic E-state index is 13.8. The zero-order valence-electron chi connectivity index (χ0n) is 8.49. The molecular formula is C11H11FO3. The quantitative estimate of drug-likeness (QED) is 0.730. The molecule has 0 aliphatic rings. The average molecular weight is 210 g/mol. The van der Waals surface area contributed by atoms with Crippen LogP contribution in [0.2, 0.25) is 0 Å². The minimum Gasteiger partial charge on any atom is -0.452 e. The van der Waals surface area contributed by atoms with E-state index in [1.807, 2.05) is 0 Å². The molecule has 0 amide bonds. The van der Waals surface area contributed by atoms with Gasteiger partial charge in [-0.3, -0.25) is 0 Å².